The number of hydrogen-bond donors (Lipinski definition) is 1. The molecule has 0 fully saturated rings. The fraction of sp³-hybridized carbons (Fsp3) is 0.200. The van der Waals surface area contributed by atoms with Crippen LogP contribution in [0.2, 0.25) is 0 Å². The Labute approximate surface area is 156 Å². The zero-order chi connectivity index (χ0) is 19.0. The van der Waals surface area contributed by atoms with E-state index in [4.69, 9.17) is 0 Å². The highest BCUT2D eigenvalue weighted by atomic mass is 16.2. The first-order chi connectivity index (χ1) is 13.1. The average molecular weight is 360 g/mol. The molecule has 0 aliphatic rings. The van der Waals surface area contributed by atoms with Gasteiger partial charge in [0.05, 0.1) is 17.9 Å². The third-order valence-electron chi connectivity index (χ3n) is 4.65. The fourth-order valence-electron chi connectivity index (χ4n) is 3.29. The van der Waals surface area contributed by atoms with Crippen LogP contribution in [-0.4, -0.2) is 30.1 Å². The Morgan fingerprint density at radius 1 is 1.15 bits per heavy atom. The monoisotopic (exact) mass is 360 g/mol. The van der Waals surface area contributed by atoms with Crippen molar-refractivity contribution in [3.63, 3.8) is 0 Å². The molecule has 0 aliphatic carbocycles. The zero-order valence-corrected chi connectivity index (χ0v) is 15.4. The maximum absolute atomic E-state index is 12.9. The molecule has 27 heavy (non-hydrogen) atoms. The molecule has 0 aliphatic heterocycles. The van der Waals surface area contributed by atoms with Crippen LogP contribution in [0.15, 0.2) is 55.0 Å². The topological polar surface area (TPSA) is 77.1 Å². The first-order valence-electron chi connectivity index (χ1n) is 8.76. The van der Waals surface area contributed by atoms with Gasteiger partial charge < -0.3 is 5.32 Å². The Hall–Kier alpha value is -3.48. The van der Waals surface area contributed by atoms with Gasteiger partial charge in [-0.3, -0.25) is 9.20 Å². The van der Waals surface area contributed by atoms with E-state index in [9.17, 15) is 4.79 Å². The third kappa shape index (κ3) is 2.97. The maximum Gasteiger partial charge on any atom is 0.270 e. The molecule has 0 spiro atoms. The highest BCUT2D eigenvalue weighted by Gasteiger charge is 2.21. The molecule has 0 radical (unpaired) electrons. The van der Waals surface area contributed by atoms with Gasteiger partial charge in [0.2, 0.25) is 0 Å². The van der Waals surface area contributed by atoms with E-state index in [0.717, 1.165) is 22.7 Å². The van der Waals surface area contributed by atoms with Crippen molar-refractivity contribution in [2.75, 3.05) is 0 Å². The van der Waals surface area contributed by atoms with Gasteiger partial charge in [0.25, 0.3) is 5.91 Å². The van der Waals surface area contributed by atoms with Crippen molar-refractivity contribution in [3.05, 3.63) is 77.6 Å². The molecule has 0 aromatic carbocycles. The molecule has 136 valence electrons. The number of imidazole rings is 1. The van der Waals surface area contributed by atoms with Crippen molar-refractivity contribution in [1.29, 1.82) is 0 Å². The van der Waals surface area contributed by atoms with Crippen LogP contribution in [0.3, 0.4) is 0 Å². The fourth-order valence-corrected chi connectivity index (χ4v) is 3.29. The van der Waals surface area contributed by atoms with Gasteiger partial charge in [-0.05, 0) is 45.0 Å². The lowest BCUT2D eigenvalue weighted by Gasteiger charge is -2.14. The predicted octanol–water partition coefficient (Wildman–Crippen LogP) is 3.02. The van der Waals surface area contributed by atoms with E-state index in [-0.39, 0.29) is 11.9 Å². The second kappa shape index (κ2) is 6.68. The molecule has 4 rings (SSSR count). The summed E-state index contributed by atoms with van der Waals surface area (Å²) in [6.45, 7) is 5.76. The maximum atomic E-state index is 12.9. The summed E-state index contributed by atoms with van der Waals surface area (Å²) in [7, 11) is 0. The van der Waals surface area contributed by atoms with Crippen molar-refractivity contribution >= 4 is 11.6 Å². The quantitative estimate of drug-likeness (QED) is 0.607. The highest BCUT2D eigenvalue weighted by Crippen LogP contribution is 2.20. The largest absolute Gasteiger partial charge is 0.344 e. The minimum absolute atomic E-state index is 0.163. The summed E-state index contributed by atoms with van der Waals surface area (Å²) < 4.78 is 3.58. The van der Waals surface area contributed by atoms with Crippen molar-refractivity contribution in [1.82, 2.24) is 29.5 Å². The smallest absolute Gasteiger partial charge is 0.270 e. The summed E-state index contributed by atoms with van der Waals surface area (Å²) in [6, 6.07) is 11.1. The van der Waals surface area contributed by atoms with E-state index >= 15 is 0 Å². The number of carbonyl (C=O) groups excluding carboxylic acids is 1. The van der Waals surface area contributed by atoms with Crippen LogP contribution in [0.1, 0.15) is 40.4 Å². The van der Waals surface area contributed by atoms with E-state index in [2.05, 4.69) is 20.4 Å². The van der Waals surface area contributed by atoms with Gasteiger partial charge in [0.1, 0.15) is 11.3 Å². The van der Waals surface area contributed by atoms with E-state index < -0.39 is 0 Å². The Balaban J connectivity index is 1.61. The van der Waals surface area contributed by atoms with Gasteiger partial charge in [-0.25, -0.2) is 14.6 Å². The first kappa shape index (κ1) is 17.0. The summed E-state index contributed by atoms with van der Waals surface area (Å²) in [5.74, 6) is 0.584. The minimum atomic E-state index is -0.205. The van der Waals surface area contributed by atoms with Crippen LogP contribution >= 0.6 is 0 Å². The Morgan fingerprint density at radius 2 is 1.96 bits per heavy atom. The van der Waals surface area contributed by atoms with Crippen molar-refractivity contribution in [3.8, 4) is 5.82 Å². The van der Waals surface area contributed by atoms with Gasteiger partial charge in [-0.1, -0.05) is 12.1 Å². The summed E-state index contributed by atoms with van der Waals surface area (Å²) in [5, 5.41) is 7.49. The molecular weight excluding hydrogens is 340 g/mol. The van der Waals surface area contributed by atoms with E-state index in [1.165, 1.54) is 0 Å². The highest BCUT2D eigenvalue weighted by molar-refractivity contribution is 5.94. The van der Waals surface area contributed by atoms with Gasteiger partial charge in [-0.15, -0.1) is 0 Å². The molecule has 0 saturated heterocycles. The molecule has 0 bridgehead atoms. The Kier molecular flexibility index (Phi) is 4.19. The number of amides is 1. The number of hydrogen-bond acceptors (Lipinski definition) is 4. The van der Waals surface area contributed by atoms with Crippen LogP contribution in [0.4, 0.5) is 0 Å². The van der Waals surface area contributed by atoms with Crippen LogP contribution in [-0.2, 0) is 0 Å². The summed E-state index contributed by atoms with van der Waals surface area (Å²) in [4.78, 5) is 21.7. The normalized spacial score (nSPS) is 12.3. The minimum Gasteiger partial charge on any atom is -0.344 e. The number of rotatable bonds is 4. The molecule has 4 heterocycles. The molecule has 1 N–H and O–H groups in total. The van der Waals surface area contributed by atoms with Crippen LogP contribution in [0, 0.1) is 13.8 Å². The standard InChI is InChI=1S/C20H20N6O/c1-13(16-12-22-26(15(16)3)17-8-4-6-10-21-17)24-20(27)19-14(2)23-18-9-5-7-11-25(18)19/h4-13H,1-3H3,(H,24,27). The van der Waals surface area contributed by atoms with Gasteiger partial charge in [0.15, 0.2) is 5.82 Å². The first-order valence-corrected chi connectivity index (χ1v) is 8.76. The molecular formula is C20H20N6O. The number of pyridine rings is 2. The lowest BCUT2D eigenvalue weighted by Crippen LogP contribution is -2.28. The predicted molar refractivity (Wildman–Crippen MR) is 102 cm³/mol. The Morgan fingerprint density at radius 3 is 2.74 bits per heavy atom. The van der Waals surface area contributed by atoms with Crippen LogP contribution < -0.4 is 5.32 Å². The zero-order valence-electron chi connectivity index (χ0n) is 15.4. The van der Waals surface area contributed by atoms with Crippen molar-refractivity contribution in [2.45, 2.75) is 26.8 Å². The molecule has 7 heteroatoms. The average Bonchev–Trinajstić information content (AvgIpc) is 3.21. The Bertz CT molecular complexity index is 1110. The number of aromatic nitrogens is 5. The molecule has 0 saturated carbocycles. The summed E-state index contributed by atoms with van der Waals surface area (Å²) >= 11 is 0. The molecule has 1 unspecified atom stereocenters. The third-order valence-corrected chi connectivity index (χ3v) is 4.65. The van der Waals surface area contributed by atoms with E-state index in [1.807, 2.05) is 67.8 Å². The summed E-state index contributed by atoms with van der Waals surface area (Å²) in [6.07, 6.45) is 5.35. The van der Waals surface area contributed by atoms with Crippen LogP contribution in [0.25, 0.3) is 11.5 Å². The number of carbonyl (C=O) groups is 1. The number of aryl methyl sites for hydroxylation is 1. The second-order valence-electron chi connectivity index (χ2n) is 6.45. The van der Waals surface area contributed by atoms with Crippen molar-refractivity contribution in [2.24, 2.45) is 0 Å². The molecule has 7 nitrogen and oxygen atoms in total. The molecule has 4 aromatic rings. The molecule has 1 atom stereocenters. The molecule has 1 amide bonds. The lowest BCUT2D eigenvalue weighted by molar-refractivity contribution is 0.0933. The lowest BCUT2D eigenvalue weighted by atomic mass is 10.1. The van der Waals surface area contributed by atoms with E-state index in [0.29, 0.717) is 11.4 Å². The number of fused-ring (bicyclic) bond motifs is 1. The van der Waals surface area contributed by atoms with Gasteiger partial charge in [-0.2, -0.15) is 5.10 Å². The second-order valence-corrected chi connectivity index (χ2v) is 6.45. The number of nitrogens with zero attached hydrogens (tertiary/aromatic N) is 5. The molecule has 4 aromatic heterocycles. The number of nitrogens with one attached hydrogen (secondary N) is 1. The summed E-state index contributed by atoms with van der Waals surface area (Å²) in [5.41, 5.74) is 3.89. The van der Waals surface area contributed by atoms with Crippen LogP contribution in [0.5, 0.6) is 0 Å². The van der Waals surface area contributed by atoms with Gasteiger partial charge in [0, 0.05) is 23.7 Å². The van der Waals surface area contributed by atoms with Crippen molar-refractivity contribution < 1.29 is 4.79 Å². The van der Waals surface area contributed by atoms with Gasteiger partial charge >= 0.3 is 0 Å². The van der Waals surface area contributed by atoms with E-state index in [1.54, 1.807) is 17.1 Å². The SMILES string of the molecule is Cc1nc2ccccn2c1C(=O)NC(C)c1cnn(-c2ccccn2)c1C.